The van der Waals surface area contributed by atoms with Gasteiger partial charge in [-0.2, -0.15) is 0 Å². The van der Waals surface area contributed by atoms with Crippen LogP contribution in [0.2, 0.25) is 5.28 Å². The quantitative estimate of drug-likeness (QED) is 0.727. The van der Waals surface area contributed by atoms with Crippen LogP contribution >= 0.6 is 11.6 Å². The Morgan fingerprint density at radius 1 is 1.79 bits per heavy atom. The minimum atomic E-state index is -0.356. The van der Waals surface area contributed by atoms with Gasteiger partial charge < -0.3 is 11.1 Å². The van der Waals surface area contributed by atoms with E-state index < -0.39 is 0 Å². The number of carbonyl (C=O) groups excluding carboxylic acids is 1. The van der Waals surface area contributed by atoms with Gasteiger partial charge in [-0.05, 0) is 24.6 Å². The van der Waals surface area contributed by atoms with Crippen molar-refractivity contribution in [2.45, 2.75) is 19.4 Å². The number of nitrogens with zero attached hydrogens (tertiary/aromatic N) is 2. The average molecular weight is 215 g/mol. The highest BCUT2D eigenvalue weighted by atomic mass is 35.5. The third kappa shape index (κ3) is 3.57. The van der Waals surface area contributed by atoms with E-state index in [9.17, 15) is 4.79 Å². The Morgan fingerprint density at radius 2 is 2.50 bits per heavy atom. The van der Waals surface area contributed by atoms with Crippen LogP contribution in [0.25, 0.3) is 0 Å². The first-order chi connectivity index (χ1) is 6.58. The molecular formula is C8H11ClN4O. The van der Waals surface area contributed by atoms with E-state index in [1.807, 2.05) is 6.92 Å². The van der Waals surface area contributed by atoms with E-state index >= 15 is 0 Å². The van der Waals surface area contributed by atoms with E-state index in [2.05, 4.69) is 15.3 Å². The van der Waals surface area contributed by atoms with Crippen molar-refractivity contribution in [2.75, 3.05) is 5.32 Å². The van der Waals surface area contributed by atoms with Crippen molar-refractivity contribution >= 4 is 23.3 Å². The molecule has 1 aromatic rings. The summed E-state index contributed by atoms with van der Waals surface area (Å²) < 4.78 is 0. The first-order valence-corrected chi connectivity index (χ1v) is 4.49. The number of amides is 1. The molecule has 0 radical (unpaired) electrons. The molecule has 14 heavy (non-hydrogen) atoms. The van der Waals surface area contributed by atoms with Crippen molar-refractivity contribution in [3.63, 3.8) is 0 Å². The van der Waals surface area contributed by atoms with Crippen LogP contribution in [0.1, 0.15) is 13.3 Å². The Morgan fingerprint density at radius 3 is 3.07 bits per heavy atom. The number of hydrogen-bond acceptors (Lipinski definition) is 4. The van der Waals surface area contributed by atoms with Crippen LogP contribution < -0.4 is 11.1 Å². The summed E-state index contributed by atoms with van der Waals surface area (Å²) in [6.07, 6.45) is 1.79. The molecule has 1 rings (SSSR count). The lowest BCUT2D eigenvalue weighted by Gasteiger charge is -2.11. The molecule has 0 saturated heterocycles. The second-order valence-corrected chi connectivity index (χ2v) is 3.26. The minimum Gasteiger partial charge on any atom is -0.370 e. The van der Waals surface area contributed by atoms with Gasteiger partial charge >= 0.3 is 0 Å². The van der Waals surface area contributed by atoms with Crippen LogP contribution in [-0.2, 0) is 4.79 Å². The van der Waals surface area contributed by atoms with E-state index in [4.69, 9.17) is 17.3 Å². The van der Waals surface area contributed by atoms with Gasteiger partial charge in [0.2, 0.25) is 11.2 Å². The van der Waals surface area contributed by atoms with Gasteiger partial charge in [-0.25, -0.2) is 9.97 Å². The molecule has 0 aliphatic rings. The topological polar surface area (TPSA) is 80.9 Å². The van der Waals surface area contributed by atoms with E-state index in [0.717, 1.165) is 0 Å². The molecular weight excluding hydrogens is 204 g/mol. The van der Waals surface area contributed by atoms with Gasteiger partial charge in [0.1, 0.15) is 5.82 Å². The number of hydrogen-bond donors (Lipinski definition) is 2. The predicted octanol–water partition coefficient (Wildman–Crippen LogP) is 0.806. The monoisotopic (exact) mass is 214 g/mol. The standard InChI is InChI=1S/C8H11ClN4O/c1-5(4-6(10)14)12-7-2-3-11-8(9)13-7/h2-3,5H,4H2,1H3,(H2,10,14)(H,11,12,13). The van der Waals surface area contributed by atoms with Gasteiger partial charge in [0.25, 0.3) is 0 Å². The molecule has 5 nitrogen and oxygen atoms in total. The SMILES string of the molecule is CC(CC(N)=O)Nc1ccnc(Cl)n1. The predicted molar refractivity (Wildman–Crippen MR) is 53.9 cm³/mol. The zero-order valence-electron chi connectivity index (χ0n) is 7.70. The zero-order chi connectivity index (χ0) is 10.6. The first-order valence-electron chi connectivity index (χ1n) is 4.11. The fraction of sp³-hybridized carbons (Fsp3) is 0.375. The summed E-state index contributed by atoms with van der Waals surface area (Å²) in [5, 5.41) is 3.15. The minimum absolute atomic E-state index is 0.0709. The number of rotatable bonds is 4. The molecule has 3 N–H and O–H groups in total. The molecule has 6 heteroatoms. The lowest BCUT2D eigenvalue weighted by molar-refractivity contribution is -0.118. The summed E-state index contributed by atoms with van der Waals surface area (Å²) in [4.78, 5) is 18.2. The van der Waals surface area contributed by atoms with E-state index in [0.29, 0.717) is 5.82 Å². The van der Waals surface area contributed by atoms with Crippen LogP contribution in [0, 0.1) is 0 Å². The molecule has 0 aliphatic heterocycles. The molecule has 0 spiro atoms. The number of carbonyl (C=O) groups is 1. The number of anilines is 1. The second kappa shape index (κ2) is 4.76. The molecule has 1 atom stereocenters. The van der Waals surface area contributed by atoms with Crippen molar-refractivity contribution in [2.24, 2.45) is 5.73 Å². The number of nitrogens with one attached hydrogen (secondary N) is 1. The fourth-order valence-electron chi connectivity index (χ4n) is 1.02. The molecule has 1 aromatic heterocycles. The molecule has 76 valence electrons. The maximum Gasteiger partial charge on any atom is 0.224 e. The summed E-state index contributed by atoms with van der Waals surface area (Å²) in [6.45, 7) is 1.83. The number of halogens is 1. The summed E-state index contributed by atoms with van der Waals surface area (Å²) in [5.74, 6) is 0.226. The van der Waals surface area contributed by atoms with Crippen LogP contribution in [-0.4, -0.2) is 21.9 Å². The number of aromatic nitrogens is 2. The van der Waals surface area contributed by atoms with Gasteiger partial charge in [-0.1, -0.05) is 0 Å². The fourth-order valence-corrected chi connectivity index (χ4v) is 1.17. The highest BCUT2D eigenvalue weighted by Crippen LogP contribution is 2.08. The van der Waals surface area contributed by atoms with Crippen LogP contribution in [0.3, 0.4) is 0 Å². The Balaban J connectivity index is 2.55. The van der Waals surface area contributed by atoms with Crippen molar-refractivity contribution in [3.8, 4) is 0 Å². The smallest absolute Gasteiger partial charge is 0.224 e. The summed E-state index contributed by atoms with van der Waals surface area (Å²) in [6, 6.07) is 1.60. The lowest BCUT2D eigenvalue weighted by Crippen LogP contribution is -2.24. The zero-order valence-corrected chi connectivity index (χ0v) is 8.45. The van der Waals surface area contributed by atoms with Gasteiger partial charge in [-0.3, -0.25) is 4.79 Å². The highest BCUT2D eigenvalue weighted by Gasteiger charge is 2.06. The molecule has 0 aromatic carbocycles. The van der Waals surface area contributed by atoms with Crippen molar-refractivity contribution in [1.82, 2.24) is 9.97 Å². The third-order valence-electron chi connectivity index (χ3n) is 1.53. The third-order valence-corrected chi connectivity index (χ3v) is 1.71. The lowest BCUT2D eigenvalue weighted by atomic mass is 10.2. The molecule has 0 aliphatic carbocycles. The second-order valence-electron chi connectivity index (χ2n) is 2.93. The van der Waals surface area contributed by atoms with E-state index in [-0.39, 0.29) is 23.7 Å². The van der Waals surface area contributed by atoms with E-state index in [1.54, 1.807) is 6.07 Å². The average Bonchev–Trinajstić information content (AvgIpc) is 2.01. The Kier molecular flexibility index (Phi) is 3.64. The highest BCUT2D eigenvalue weighted by molar-refractivity contribution is 6.28. The normalized spacial score (nSPS) is 12.1. The van der Waals surface area contributed by atoms with Crippen LogP contribution in [0.15, 0.2) is 12.3 Å². The van der Waals surface area contributed by atoms with Gasteiger partial charge in [-0.15, -0.1) is 0 Å². The van der Waals surface area contributed by atoms with Gasteiger partial charge in [0.05, 0.1) is 0 Å². The molecule has 1 heterocycles. The number of nitrogens with two attached hydrogens (primary N) is 1. The molecule has 0 saturated carbocycles. The maximum absolute atomic E-state index is 10.6. The Bertz CT molecular complexity index is 331. The largest absolute Gasteiger partial charge is 0.370 e. The molecule has 0 fully saturated rings. The first kappa shape index (κ1) is 10.7. The van der Waals surface area contributed by atoms with Gasteiger partial charge in [0, 0.05) is 18.7 Å². The van der Waals surface area contributed by atoms with Gasteiger partial charge in [0.15, 0.2) is 0 Å². The van der Waals surface area contributed by atoms with Crippen molar-refractivity contribution < 1.29 is 4.79 Å². The van der Waals surface area contributed by atoms with Crippen LogP contribution in [0.4, 0.5) is 5.82 Å². The Labute approximate surface area is 86.7 Å². The summed E-state index contributed by atoms with van der Waals surface area (Å²) in [7, 11) is 0. The number of primary amides is 1. The van der Waals surface area contributed by atoms with E-state index in [1.165, 1.54) is 6.20 Å². The Hall–Kier alpha value is -1.36. The van der Waals surface area contributed by atoms with Crippen LogP contribution in [0.5, 0.6) is 0 Å². The molecule has 0 bridgehead atoms. The molecule has 1 amide bonds. The van der Waals surface area contributed by atoms with Crippen molar-refractivity contribution in [1.29, 1.82) is 0 Å². The summed E-state index contributed by atoms with van der Waals surface area (Å²) in [5.41, 5.74) is 5.04. The van der Waals surface area contributed by atoms with Crippen molar-refractivity contribution in [3.05, 3.63) is 17.5 Å². The maximum atomic E-state index is 10.6. The molecule has 1 unspecified atom stereocenters. The summed E-state index contributed by atoms with van der Waals surface area (Å²) >= 11 is 5.58.